The second-order valence-electron chi connectivity index (χ2n) is 5.89. The van der Waals surface area contributed by atoms with Crippen LogP contribution in [-0.2, 0) is 10.0 Å². The van der Waals surface area contributed by atoms with E-state index < -0.39 is 10.0 Å². The summed E-state index contributed by atoms with van der Waals surface area (Å²) >= 11 is 0. The third-order valence-electron chi connectivity index (χ3n) is 3.94. The highest BCUT2D eigenvalue weighted by molar-refractivity contribution is 7.92. The monoisotopic (exact) mass is 361 g/mol. The van der Waals surface area contributed by atoms with Gasteiger partial charge in [0, 0.05) is 13.1 Å². The van der Waals surface area contributed by atoms with E-state index in [1.807, 2.05) is 6.92 Å². The summed E-state index contributed by atoms with van der Waals surface area (Å²) in [7, 11) is -3.43. The summed E-state index contributed by atoms with van der Waals surface area (Å²) in [6, 6.07) is 5.14. The third kappa shape index (κ3) is 5.37. The Hall–Kier alpha value is -1.31. The first-order valence-corrected chi connectivity index (χ1v) is 9.27. The Kier molecular flexibility index (Phi) is 6.85. The lowest BCUT2D eigenvalue weighted by Crippen LogP contribution is -2.40. The Morgan fingerprint density at radius 1 is 1.35 bits per heavy atom. The smallest absolute Gasteiger partial charge is 0.255 e. The molecule has 1 fully saturated rings. The van der Waals surface area contributed by atoms with Crippen molar-refractivity contribution < 1.29 is 13.2 Å². The zero-order valence-corrected chi connectivity index (χ0v) is 15.0. The van der Waals surface area contributed by atoms with Crippen molar-refractivity contribution in [1.29, 1.82) is 0 Å². The molecule has 1 amide bonds. The van der Waals surface area contributed by atoms with E-state index in [-0.39, 0.29) is 18.3 Å². The van der Waals surface area contributed by atoms with Gasteiger partial charge in [-0.3, -0.25) is 9.52 Å². The topological polar surface area (TPSA) is 92.5 Å². The first-order valence-electron chi connectivity index (χ1n) is 7.38. The maximum absolute atomic E-state index is 12.7. The number of likely N-dealkylation sites (tertiary alicyclic amines) is 1. The van der Waals surface area contributed by atoms with Crippen LogP contribution in [-0.4, -0.2) is 45.1 Å². The molecule has 1 aromatic carbocycles. The second kappa shape index (κ2) is 7.99. The maximum atomic E-state index is 12.7. The zero-order chi connectivity index (χ0) is 16.3. The number of anilines is 1. The van der Waals surface area contributed by atoms with Gasteiger partial charge in [-0.05, 0) is 44.4 Å². The van der Waals surface area contributed by atoms with Crippen molar-refractivity contribution in [3.63, 3.8) is 0 Å². The molecule has 6 nitrogen and oxygen atoms in total. The number of carbonyl (C=O) groups is 1. The van der Waals surface area contributed by atoms with Gasteiger partial charge >= 0.3 is 0 Å². The molecule has 1 heterocycles. The van der Waals surface area contributed by atoms with Gasteiger partial charge in [-0.2, -0.15) is 0 Å². The predicted octanol–water partition coefficient (Wildman–Crippen LogP) is 1.60. The minimum Gasteiger partial charge on any atom is -0.339 e. The molecular formula is C15H24ClN3O3S. The lowest BCUT2D eigenvalue weighted by molar-refractivity contribution is 0.0694. The van der Waals surface area contributed by atoms with Crippen molar-refractivity contribution in [3.8, 4) is 0 Å². The lowest BCUT2D eigenvalue weighted by atomic mass is 9.96. The molecule has 8 heteroatoms. The largest absolute Gasteiger partial charge is 0.339 e. The summed E-state index contributed by atoms with van der Waals surface area (Å²) in [6.07, 6.45) is 2.86. The van der Waals surface area contributed by atoms with Crippen LogP contribution in [0.2, 0.25) is 0 Å². The predicted molar refractivity (Wildman–Crippen MR) is 94.6 cm³/mol. The van der Waals surface area contributed by atoms with E-state index in [0.717, 1.165) is 24.7 Å². The van der Waals surface area contributed by atoms with Crippen molar-refractivity contribution in [1.82, 2.24) is 4.90 Å². The number of hydrogen-bond donors (Lipinski definition) is 2. The summed E-state index contributed by atoms with van der Waals surface area (Å²) < 4.78 is 25.4. The van der Waals surface area contributed by atoms with E-state index >= 15 is 0 Å². The van der Waals surface area contributed by atoms with Crippen LogP contribution in [0.1, 0.15) is 28.8 Å². The highest BCUT2D eigenvalue weighted by Gasteiger charge is 2.25. The van der Waals surface area contributed by atoms with Crippen LogP contribution < -0.4 is 10.5 Å². The van der Waals surface area contributed by atoms with Crippen LogP contribution in [0.5, 0.6) is 0 Å². The Bertz CT molecular complexity index is 656. The number of nitrogens with two attached hydrogens (primary N) is 1. The Labute approximate surface area is 143 Å². The van der Waals surface area contributed by atoms with Crippen molar-refractivity contribution in [3.05, 3.63) is 29.3 Å². The minimum absolute atomic E-state index is 0. The maximum Gasteiger partial charge on any atom is 0.255 e. The summed E-state index contributed by atoms with van der Waals surface area (Å²) in [5.74, 6) is 0.334. The van der Waals surface area contributed by atoms with Gasteiger partial charge in [0.15, 0.2) is 0 Å². The van der Waals surface area contributed by atoms with E-state index in [9.17, 15) is 13.2 Å². The molecule has 2 rings (SSSR count). The van der Waals surface area contributed by atoms with Gasteiger partial charge in [0.25, 0.3) is 5.91 Å². The number of benzene rings is 1. The van der Waals surface area contributed by atoms with Gasteiger partial charge in [0.1, 0.15) is 0 Å². The first-order chi connectivity index (χ1) is 10.3. The summed E-state index contributed by atoms with van der Waals surface area (Å²) in [5, 5.41) is 0. The van der Waals surface area contributed by atoms with Gasteiger partial charge in [0.2, 0.25) is 10.0 Å². The van der Waals surface area contributed by atoms with E-state index in [1.165, 1.54) is 0 Å². The molecule has 0 saturated carbocycles. The Morgan fingerprint density at radius 2 is 1.96 bits per heavy atom. The molecule has 0 aliphatic carbocycles. The Morgan fingerprint density at radius 3 is 2.48 bits per heavy atom. The molecule has 0 bridgehead atoms. The Balaban J connectivity index is 0.00000264. The molecule has 0 unspecified atom stereocenters. The fourth-order valence-corrected chi connectivity index (χ4v) is 3.24. The second-order valence-corrected chi connectivity index (χ2v) is 7.64. The SMILES string of the molecule is Cc1ccc(NS(C)(=O)=O)c(C(=O)N2CCC(CN)CC2)c1.Cl. The molecule has 0 radical (unpaired) electrons. The number of rotatable bonds is 4. The highest BCUT2D eigenvalue weighted by atomic mass is 35.5. The molecule has 1 saturated heterocycles. The summed E-state index contributed by atoms with van der Waals surface area (Å²) in [6.45, 7) is 3.84. The van der Waals surface area contributed by atoms with Crippen LogP contribution in [0.4, 0.5) is 5.69 Å². The number of piperidine rings is 1. The first kappa shape index (κ1) is 19.7. The molecule has 1 aromatic rings. The average Bonchev–Trinajstić information content (AvgIpc) is 2.47. The number of aryl methyl sites for hydroxylation is 1. The van der Waals surface area contributed by atoms with Crippen LogP contribution in [0.25, 0.3) is 0 Å². The van der Waals surface area contributed by atoms with Crippen LogP contribution in [0, 0.1) is 12.8 Å². The number of sulfonamides is 1. The summed E-state index contributed by atoms with van der Waals surface area (Å²) in [4.78, 5) is 14.5. The normalized spacial score (nSPS) is 15.9. The molecule has 1 aliphatic rings. The number of nitrogens with zero attached hydrogens (tertiary/aromatic N) is 1. The van der Waals surface area contributed by atoms with E-state index in [1.54, 1.807) is 23.1 Å². The lowest BCUT2D eigenvalue weighted by Gasteiger charge is -2.32. The van der Waals surface area contributed by atoms with Crippen LogP contribution in [0.3, 0.4) is 0 Å². The molecule has 3 N–H and O–H groups in total. The van der Waals surface area contributed by atoms with Crippen molar-refractivity contribution >= 4 is 34.0 Å². The van der Waals surface area contributed by atoms with Crippen LogP contribution >= 0.6 is 12.4 Å². The van der Waals surface area contributed by atoms with E-state index in [2.05, 4.69) is 4.72 Å². The number of carbonyl (C=O) groups excluding carboxylic acids is 1. The van der Waals surface area contributed by atoms with E-state index in [4.69, 9.17) is 5.73 Å². The molecule has 0 spiro atoms. The van der Waals surface area contributed by atoms with Gasteiger partial charge in [-0.25, -0.2) is 8.42 Å². The van der Waals surface area contributed by atoms with Gasteiger partial charge in [-0.1, -0.05) is 11.6 Å². The van der Waals surface area contributed by atoms with Crippen molar-refractivity contribution in [2.75, 3.05) is 30.6 Å². The number of amides is 1. The molecule has 0 aromatic heterocycles. The van der Waals surface area contributed by atoms with Gasteiger partial charge in [0.05, 0.1) is 17.5 Å². The minimum atomic E-state index is -3.43. The fraction of sp³-hybridized carbons (Fsp3) is 0.533. The highest BCUT2D eigenvalue weighted by Crippen LogP contribution is 2.23. The molecule has 1 aliphatic heterocycles. The van der Waals surface area contributed by atoms with Crippen LogP contribution in [0.15, 0.2) is 18.2 Å². The van der Waals surface area contributed by atoms with Gasteiger partial charge in [-0.15, -0.1) is 12.4 Å². The number of halogens is 1. The van der Waals surface area contributed by atoms with Gasteiger partial charge < -0.3 is 10.6 Å². The molecular weight excluding hydrogens is 338 g/mol. The fourth-order valence-electron chi connectivity index (χ4n) is 2.67. The third-order valence-corrected chi connectivity index (χ3v) is 4.53. The number of hydrogen-bond acceptors (Lipinski definition) is 4. The number of nitrogens with one attached hydrogen (secondary N) is 1. The standard InChI is InChI=1S/C15H23N3O3S.ClH/c1-11-3-4-14(17-22(2,20)21)13(9-11)15(19)18-7-5-12(10-16)6-8-18;/h3-4,9,12,17H,5-8,10,16H2,1-2H3;1H. The van der Waals surface area contributed by atoms with Crippen molar-refractivity contribution in [2.24, 2.45) is 11.7 Å². The quantitative estimate of drug-likeness (QED) is 0.851. The molecule has 0 atom stereocenters. The summed E-state index contributed by atoms with van der Waals surface area (Å²) in [5.41, 5.74) is 7.32. The van der Waals surface area contributed by atoms with E-state index in [0.29, 0.717) is 36.8 Å². The zero-order valence-electron chi connectivity index (χ0n) is 13.4. The molecule has 23 heavy (non-hydrogen) atoms. The average molecular weight is 362 g/mol. The van der Waals surface area contributed by atoms with Crippen molar-refractivity contribution in [2.45, 2.75) is 19.8 Å². The molecule has 130 valence electrons.